The van der Waals surface area contributed by atoms with Crippen LogP contribution in [0.3, 0.4) is 0 Å². The monoisotopic (exact) mass is 490 g/mol. The Labute approximate surface area is 193 Å². The highest BCUT2D eigenvalue weighted by Gasteiger charge is 2.34. The lowest BCUT2D eigenvalue weighted by Crippen LogP contribution is -2.42. The Kier molecular flexibility index (Phi) is 8.24. The third-order valence-corrected chi connectivity index (χ3v) is 8.64. The summed E-state index contributed by atoms with van der Waals surface area (Å²) in [6.45, 7) is 2.23. The van der Waals surface area contributed by atoms with Gasteiger partial charge in [0.2, 0.25) is 10.0 Å². The van der Waals surface area contributed by atoms with Crippen LogP contribution < -0.4 is 5.32 Å². The van der Waals surface area contributed by atoms with Crippen LogP contribution in [-0.2, 0) is 24.3 Å². The molecule has 2 fully saturated rings. The second-order valence-corrected chi connectivity index (χ2v) is 11.1. The van der Waals surface area contributed by atoms with Gasteiger partial charge in [-0.25, -0.2) is 8.42 Å². The van der Waals surface area contributed by atoms with Crippen LogP contribution in [0.2, 0.25) is 10.0 Å². The van der Waals surface area contributed by atoms with E-state index in [-0.39, 0.29) is 46.6 Å². The molecule has 1 heterocycles. The number of nitrogens with zero attached hydrogens (tertiary/aromatic N) is 1. The number of benzene rings is 1. The van der Waals surface area contributed by atoms with E-state index < -0.39 is 21.9 Å². The van der Waals surface area contributed by atoms with Crippen molar-refractivity contribution in [2.24, 2.45) is 11.8 Å². The first-order chi connectivity index (χ1) is 14.7. The molecule has 3 rings (SSSR count). The number of halogens is 2. The molecule has 2 aliphatic rings. The van der Waals surface area contributed by atoms with Crippen molar-refractivity contribution in [3.8, 4) is 0 Å². The number of piperidine rings is 1. The standard InChI is InChI=1S/C21H28Cl2N2O5S/c1-14-2-5-17(6-3-14)24-20(26)13-30-21(27)15-8-10-25(11-9-15)31(28,29)19-12-16(22)4-7-18(19)23/h4,7,12,14-15,17H,2-3,5-6,8-11,13H2,1H3,(H,24,26). The maximum atomic E-state index is 12.9. The first-order valence-corrected chi connectivity index (χ1v) is 12.8. The van der Waals surface area contributed by atoms with Gasteiger partial charge in [0.25, 0.3) is 5.91 Å². The number of ether oxygens (including phenoxy) is 1. The van der Waals surface area contributed by atoms with Crippen molar-refractivity contribution in [3.63, 3.8) is 0 Å². The molecule has 1 aliphatic carbocycles. The summed E-state index contributed by atoms with van der Waals surface area (Å²) in [5, 5.41) is 3.31. The molecule has 31 heavy (non-hydrogen) atoms. The van der Waals surface area contributed by atoms with E-state index in [1.165, 1.54) is 22.5 Å². The van der Waals surface area contributed by atoms with E-state index in [9.17, 15) is 18.0 Å². The molecule has 10 heteroatoms. The smallest absolute Gasteiger partial charge is 0.309 e. The van der Waals surface area contributed by atoms with Crippen LogP contribution in [-0.4, -0.2) is 50.3 Å². The molecule has 1 aromatic carbocycles. The fourth-order valence-corrected chi connectivity index (χ4v) is 6.28. The van der Waals surface area contributed by atoms with E-state index in [0.717, 1.165) is 25.7 Å². The number of esters is 1. The summed E-state index contributed by atoms with van der Waals surface area (Å²) < 4.78 is 32.2. The minimum atomic E-state index is -3.81. The van der Waals surface area contributed by atoms with E-state index >= 15 is 0 Å². The molecule has 0 bridgehead atoms. The summed E-state index contributed by atoms with van der Waals surface area (Å²) >= 11 is 12.0. The average Bonchev–Trinajstić information content (AvgIpc) is 2.75. The van der Waals surface area contributed by atoms with Gasteiger partial charge in [0.05, 0.1) is 10.9 Å². The number of hydrogen-bond acceptors (Lipinski definition) is 5. The summed E-state index contributed by atoms with van der Waals surface area (Å²) in [5.41, 5.74) is 0. The van der Waals surface area contributed by atoms with Crippen LogP contribution in [0.4, 0.5) is 0 Å². The van der Waals surface area contributed by atoms with E-state index in [1.54, 1.807) is 0 Å². The van der Waals surface area contributed by atoms with Crippen LogP contribution in [0.1, 0.15) is 45.4 Å². The van der Waals surface area contributed by atoms with Crippen LogP contribution in [0.25, 0.3) is 0 Å². The van der Waals surface area contributed by atoms with E-state index in [2.05, 4.69) is 12.2 Å². The average molecular weight is 491 g/mol. The first kappa shape index (κ1) is 24.3. The van der Waals surface area contributed by atoms with Crippen molar-refractivity contribution < 1.29 is 22.7 Å². The second kappa shape index (κ2) is 10.5. The molecule has 0 atom stereocenters. The zero-order valence-electron chi connectivity index (χ0n) is 17.5. The zero-order valence-corrected chi connectivity index (χ0v) is 19.8. The lowest BCUT2D eigenvalue weighted by molar-refractivity contribution is -0.153. The summed E-state index contributed by atoms with van der Waals surface area (Å²) in [4.78, 5) is 24.4. The fraction of sp³-hybridized carbons (Fsp3) is 0.619. The van der Waals surface area contributed by atoms with Crippen molar-refractivity contribution in [2.45, 2.75) is 56.4 Å². The molecule has 1 saturated heterocycles. The molecular formula is C21H28Cl2N2O5S. The van der Waals surface area contributed by atoms with Crippen molar-refractivity contribution in [1.82, 2.24) is 9.62 Å². The fourth-order valence-electron chi connectivity index (χ4n) is 4.07. The van der Waals surface area contributed by atoms with Crippen molar-refractivity contribution in [3.05, 3.63) is 28.2 Å². The van der Waals surface area contributed by atoms with Crippen LogP contribution in [0.15, 0.2) is 23.1 Å². The first-order valence-electron chi connectivity index (χ1n) is 10.6. The highest BCUT2D eigenvalue weighted by Crippen LogP contribution is 2.30. The van der Waals surface area contributed by atoms with Gasteiger partial charge in [0.1, 0.15) is 4.90 Å². The number of sulfonamides is 1. The SMILES string of the molecule is CC1CCC(NC(=O)COC(=O)C2CCN(S(=O)(=O)c3cc(Cl)ccc3Cl)CC2)CC1. The number of carbonyl (C=O) groups excluding carboxylic acids is 2. The molecule has 7 nitrogen and oxygen atoms in total. The number of hydrogen-bond donors (Lipinski definition) is 1. The Morgan fingerprint density at radius 1 is 1.10 bits per heavy atom. The van der Waals surface area contributed by atoms with Gasteiger partial charge in [0.15, 0.2) is 6.61 Å². The van der Waals surface area contributed by atoms with E-state index in [0.29, 0.717) is 18.8 Å². The van der Waals surface area contributed by atoms with Gasteiger partial charge in [-0.05, 0) is 62.6 Å². The van der Waals surface area contributed by atoms with Gasteiger partial charge >= 0.3 is 5.97 Å². The molecule has 0 unspecified atom stereocenters. The predicted octanol–water partition coefficient (Wildman–Crippen LogP) is 3.63. The van der Waals surface area contributed by atoms with Crippen LogP contribution >= 0.6 is 23.2 Å². The maximum Gasteiger partial charge on any atom is 0.309 e. The molecule has 0 aromatic heterocycles. The molecule has 0 spiro atoms. The Morgan fingerprint density at radius 3 is 2.39 bits per heavy atom. The number of nitrogens with one attached hydrogen (secondary N) is 1. The Bertz CT molecular complexity index is 908. The zero-order chi connectivity index (χ0) is 22.6. The molecule has 1 aliphatic heterocycles. The molecule has 0 radical (unpaired) electrons. The number of rotatable bonds is 6. The summed E-state index contributed by atoms with van der Waals surface area (Å²) in [6.07, 6.45) is 4.71. The van der Waals surface area contributed by atoms with Gasteiger partial charge in [-0.2, -0.15) is 4.31 Å². The largest absolute Gasteiger partial charge is 0.455 e. The second-order valence-electron chi connectivity index (χ2n) is 8.39. The van der Waals surface area contributed by atoms with Gasteiger partial charge in [-0.15, -0.1) is 0 Å². The molecule has 1 aromatic rings. The highest BCUT2D eigenvalue weighted by molar-refractivity contribution is 7.89. The lowest BCUT2D eigenvalue weighted by atomic mass is 9.87. The molecule has 1 saturated carbocycles. The van der Waals surface area contributed by atoms with E-state index in [1.807, 2.05) is 0 Å². The quantitative estimate of drug-likeness (QED) is 0.614. The number of amides is 1. The Balaban J connectivity index is 1.46. The summed E-state index contributed by atoms with van der Waals surface area (Å²) in [6, 6.07) is 4.44. The van der Waals surface area contributed by atoms with Crippen molar-refractivity contribution in [2.75, 3.05) is 19.7 Å². The van der Waals surface area contributed by atoms with Gasteiger partial charge < -0.3 is 10.1 Å². The van der Waals surface area contributed by atoms with Crippen molar-refractivity contribution >= 4 is 45.1 Å². The topological polar surface area (TPSA) is 92.8 Å². The minimum Gasteiger partial charge on any atom is -0.455 e. The van der Waals surface area contributed by atoms with Crippen LogP contribution in [0.5, 0.6) is 0 Å². The van der Waals surface area contributed by atoms with Gasteiger partial charge in [-0.3, -0.25) is 9.59 Å². The molecule has 1 N–H and O–H groups in total. The predicted molar refractivity (Wildman–Crippen MR) is 118 cm³/mol. The lowest BCUT2D eigenvalue weighted by Gasteiger charge is -2.30. The Morgan fingerprint density at radius 2 is 1.74 bits per heavy atom. The molecular weight excluding hydrogens is 463 g/mol. The van der Waals surface area contributed by atoms with Gasteiger partial charge in [0, 0.05) is 24.2 Å². The van der Waals surface area contributed by atoms with Crippen LogP contribution in [0, 0.1) is 11.8 Å². The third-order valence-electron chi connectivity index (χ3n) is 6.02. The molecule has 172 valence electrons. The van der Waals surface area contributed by atoms with E-state index in [4.69, 9.17) is 27.9 Å². The minimum absolute atomic E-state index is 0.0449. The number of carbonyl (C=O) groups is 2. The van der Waals surface area contributed by atoms with Crippen molar-refractivity contribution in [1.29, 1.82) is 0 Å². The summed E-state index contributed by atoms with van der Waals surface area (Å²) in [5.74, 6) is -0.506. The Hall–Kier alpha value is -1.35. The summed E-state index contributed by atoms with van der Waals surface area (Å²) in [7, 11) is -3.81. The normalized spacial score (nSPS) is 23.3. The van der Waals surface area contributed by atoms with Gasteiger partial charge in [-0.1, -0.05) is 30.1 Å². The third kappa shape index (κ3) is 6.34. The molecule has 1 amide bonds. The highest BCUT2D eigenvalue weighted by atomic mass is 35.5. The maximum absolute atomic E-state index is 12.9.